The van der Waals surface area contributed by atoms with Gasteiger partial charge in [0.15, 0.2) is 0 Å². The summed E-state index contributed by atoms with van der Waals surface area (Å²) in [6.07, 6.45) is 3.14. The third kappa shape index (κ3) is 2.66. The van der Waals surface area contributed by atoms with Crippen molar-refractivity contribution in [1.82, 2.24) is 10.2 Å². The minimum atomic E-state index is -0.309. The van der Waals surface area contributed by atoms with Crippen molar-refractivity contribution in [1.29, 1.82) is 0 Å². The van der Waals surface area contributed by atoms with Gasteiger partial charge in [0.2, 0.25) is 0 Å². The standard InChI is InChI=1S/C14H15N3O2/c18-14(13-5-2-8-19-13)16-11-4-1-3-10(9-11)12-6-7-15-17-12/h1,3-4,6-7,9,13H,2,5,8H2,(H,15,17)(H,16,18)/t13-/m1/s1. The second-order valence-corrected chi connectivity index (χ2v) is 4.54. The third-order valence-corrected chi connectivity index (χ3v) is 3.16. The van der Waals surface area contributed by atoms with E-state index < -0.39 is 0 Å². The fraction of sp³-hybridized carbons (Fsp3) is 0.286. The van der Waals surface area contributed by atoms with Gasteiger partial charge >= 0.3 is 0 Å². The van der Waals surface area contributed by atoms with E-state index in [2.05, 4.69) is 15.5 Å². The van der Waals surface area contributed by atoms with E-state index in [0.29, 0.717) is 6.61 Å². The lowest BCUT2D eigenvalue weighted by Gasteiger charge is -2.11. The van der Waals surface area contributed by atoms with Gasteiger partial charge in [-0.3, -0.25) is 9.89 Å². The number of nitrogens with zero attached hydrogens (tertiary/aromatic N) is 1. The molecule has 0 radical (unpaired) electrons. The molecule has 0 spiro atoms. The molecule has 3 rings (SSSR count). The van der Waals surface area contributed by atoms with Crippen LogP contribution in [0.3, 0.4) is 0 Å². The number of aromatic nitrogens is 2. The molecule has 1 aromatic carbocycles. The zero-order valence-electron chi connectivity index (χ0n) is 10.4. The van der Waals surface area contributed by atoms with Crippen LogP contribution in [0, 0.1) is 0 Å². The molecule has 1 fully saturated rings. The van der Waals surface area contributed by atoms with Crippen molar-refractivity contribution < 1.29 is 9.53 Å². The number of carbonyl (C=O) groups is 1. The maximum absolute atomic E-state index is 12.0. The molecule has 19 heavy (non-hydrogen) atoms. The Hall–Kier alpha value is -2.14. The van der Waals surface area contributed by atoms with E-state index in [9.17, 15) is 4.79 Å². The summed E-state index contributed by atoms with van der Waals surface area (Å²) < 4.78 is 5.36. The number of anilines is 1. The molecule has 1 atom stereocenters. The zero-order chi connectivity index (χ0) is 13.1. The molecule has 98 valence electrons. The highest BCUT2D eigenvalue weighted by Gasteiger charge is 2.23. The number of hydrogen-bond acceptors (Lipinski definition) is 3. The molecule has 0 unspecified atom stereocenters. The number of benzene rings is 1. The number of H-pyrrole nitrogens is 1. The Bertz CT molecular complexity index is 560. The first-order chi connectivity index (χ1) is 9.33. The van der Waals surface area contributed by atoms with Gasteiger partial charge in [0, 0.05) is 24.1 Å². The number of rotatable bonds is 3. The molecule has 2 heterocycles. The summed E-state index contributed by atoms with van der Waals surface area (Å²) in [6.45, 7) is 0.673. The predicted molar refractivity (Wildman–Crippen MR) is 71.6 cm³/mol. The molecule has 1 aromatic heterocycles. The minimum absolute atomic E-state index is 0.0701. The van der Waals surface area contributed by atoms with Gasteiger partial charge < -0.3 is 10.1 Å². The maximum atomic E-state index is 12.0. The normalized spacial score (nSPS) is 18.4. The van der Waals surface area contributed by atoms with Gasteiger partial charge in [0.05, 0.1) is 5.69 Å². The molecular weight excluding hydrogens is 242 g/mol. The van der Waals surface area contributed by atoms with Crippen LogP contribution in [0.25, 0.3) is 11.3 Å². The topological polar surface area (TPSA) is 67.0 Å². The number of hydrogen-bond donors (Lipinski definition) is 2. The zero-order valence-corrected chi connectivity index (χ0v) is 10.4. The Morgan fingerprint density at radius 1 is 1.42 bits per heavy atom. The van der Waals surface area contributed by atoms with Crippen molar-refractivity contribution in [2.45, 2.75) is 18.9 Å². The molecule has 5 nitrogen and oxygen atoms in total. The van der Waals surface area contributed by atoms with Gasteiger partial charge in [-0.1, -0.05) is 12.1 Å². The predicted octanol–water partition coefficient (Wildman–Crippen LogP) is 2.19. The smallest absolute Gasteiger partial charge is 0.253 e. The average Bonchev–Trinajstić information content (AvgIpc) is 3.13. The van der Waals surface area contributed by atoms with Crippen molar-refractivity contribution in [2.24, 2.45) is 0 Å². The van der Waals surface area contributed by atoms with Crippen LogP contribution in [0.5, 0.6) is 0 Å². The lowest BCUT2D eigenvalue weighted by atomic mass is 10.1. The summed E-state index contributed by atoms with van der Waals surface area (Å²) in [5.74, 6) is -0.0701. The fourth-order valence-electron chi connectivity index (χ4n) is 2.19. The number of amides is 1. The molecule has 2 N–H and O–H groups in total. The van der Waals surface area contributed by atoms with E-state index in [4.69, 9.17) is 4.74 Å². The van der Waals surface area contributed by atoms with Crippen LogP contribution in [0.2, 0.25) is 0 Å². The number of carbonyl (C=O) groups excluding carboxylic acids is 1. The summed E-state index contributed by atoms with van der Waals surface area (Å²) >= 11 is 0. The van der Waals surface area contributed by atoms with Crippen LogP contribution in [-0.4, -0.2) is 28.8 Å². The van der Waals surface area contributed by atoms with Gasteiger partial charge in [-0.15, -0.1) is 0 Å². The van der Waals surface area contributed by atoms with E-state index in [1.807, 2.05) is 30.3 Å². The first-order valence-corrected chi connectivity index (χ1v) is 6.35. The summed E-state index contributed by atoms with van der Waals surface area (Å²) in [6, 6.07) is 9.55. The van der Waals surface area contributed by atoms with Crippen LogP contribution >= 0.6 is 0 Å². The van der Waals surface area contributed by atoms with Gasteiger partial charge in [0.1, 0.15) is 6.10 Å². The lowest BCUT2D eigenvalue weighted by molar-refractivity contribution is -0.124. The van der Waals surface area contributed by atoms with Crippen LogP contribution in [0.1, 0.15) is 12.8 Å². The molecule has 0 saturated carbocycles. The van der Waals surface area contributed by atoms with Gasteiger partial charge in [-0.05, 0) is 31.0 Å². The quantitative estimate of drug-likeness (QED) is 0.885. The van der Waals surface area contributed by atoms with Gasteiger partial charge in [-0.2, -0.15) is 5.10 Å². The Kier molecular flexibility index (Phi) is 3.29. The van der Waals surface area contributed by atoms with Crippen LogP contribution < -0.4 is 5.32 Å². The number of aromatic amines is 1. The molecule has 5 heteroatoms. The molecular formula is C14H15N3O2. The van der Waals surface area contributed by atoms with E-state index in [0.717, 1.165) is 29.8 Å². The summed E-state index contributed by atoms with van der Waals surface area (Å²) in [5.41, 5.74) is 2.68. The summed E-state index contributed by atoms with van der Waals surface area (Å²) in [4.78, 5) is 12.0. The highest BCUT2D eigenvalue weighted by molar-refractivity contribution is 5.94. The number of nitrogens with one attached hydrogen (secondary N) is 2. The second kappa shape index (κ2) is 5.24. The van der Waals surface area contributed by atoms with Crippen LogP contribution in [-0.2, 0) is 9.53 Å². The first-order valence-electron chi connectivity index (χ1n) is 6.35. The van der Waals surface area contributed by atoms with Crippen LogP contribution in [0.4, 0.5) is 5.69 Å². The molecule has 0 aliphatic carbocycles. The third-order valence-electron chi connectivity index (χ3n) is 3.16. The average molecular weight is 257 g/mol. The second-order valence-electron chi connectivity index (χ2n) is 4.54. The highest BCUT2D eigenvalue weighted by atomic mass is 16.5. The Morgan fingerprint density at radius 2 is 2.37 bits per heavy atom. The molecule has 1 amide bonds. The largest absolute Gasteiger partial charge is 0.368 e. The lowest BCUT2D eigenvalue weighted by Crippen LogP contribution is -2.26. The molecule has 1 aliphatic rings. The minimum Gasteiger partial charge on any atom is -0.368 e. The van der Waals surface area contributed by atoms with E-state index in [1.165, 1.54) is 0 Å². The number of ether oxygens (including phenoxy) is 1. The van der Waals surface area contributed by atoms with Crippen molar-refractivity contribution in [3.63, 3.8) is 0 Å². The van der Waals surface area contributed by atoms with E-state index >= 15 is 0 Å². The fourth-order valence-corrected chi connectivity index (χ4v) is 2.19. The van der Waals surface area contributed by atoms with Crippen molar-refractivity contribution in [3.05, 3.63) is 36.5 Å². The summed E-state index contributed by atoms with van der Waals surface area (Å²) in [7, 11) is 0. The first kappa shape index (κ1) is 11.9. The Morgan fingerprint density at radius 3 is 3.11 bits per heavy atom. The highest BCUT2D eigenvalue weighted by Crippen LogP contribution is 2.21. The molecule has 1 aliphatic heterocycles. The maximum Gasteiger partial charge on any atom is 0.253 e. The molecule has 2 aromatic rings. The molecule has 0 bridgehead atoms. The summed E-state index contributed by atoms with van der Waals surface area (Å²) in [5, 5.41) is 9.71. The van der Waals surface area contributed by atoms with Gasteiger partial charge in [0.25, 0.3) is 5.91 Å². The van der Waals surface area contributed by atoms with Crippen molar-refractivity contribution >= 4 is 11.6 Å². The Balaban J connectivity index is 1.74. The van der Waals surface area contributed by atoms with Crippen molar-refractivity contribution in [3.8, 4) is 11.3 Å². The van der Waals surface area contributed by atoms with E-state index in [1.54, 1.807) is 6.20 Å². The van der Waals surface area contributed by atoms with Crippen LogP contribution in [0.15, 0.2) is 36.5 Å². The Labute approximate surface area is 111 Å². The van der Waals surface area contributed by atoms with Gasteiger partial charge in [-0.25, -0.2) is 0 Å². The SMILES string of the molecule is O=C(Nc1cccc(-c2ccn[nH]2)c1)[C@H]1CCCO1. The molecule has 1 saturated heterocycles. The van der Waals surface area contributed by atoms with Crippen molar-refractivity contribution in [2.75, 3.05) is 11.9 Å². The van der Waals surface area contributed by atoms with E-state index in [-0.39, 0.29) is 12.0 Å². The monoisotopic (exact) mass is 257 g/mol.